The lowest BCUT2D eigenvalue weighted by molar-refractivity contribution is 1.16. The van der Waals surface area contributed by atoms with Crippen molar-refractivity contribution in [2.45, 2.75) is 6.42 Å². The molecule has 90 heavy (non-hydrogen) atoms. The van der Waals surface area contributed by atoms with Crippen LogP contribution in [0.5, 0.6) is 0 Å². The molecule has 1 aromatic heterocycles. The van der Waals surface area contributed by atoms with Crippen LogP contribution in [-0.2, 0) is 6.42 Å². The quantitative estimate of drug-likeness (QED) is 0.127. The van der Waals surface area contributed by atoms with E-state index >= 15 is 0 Å². The maximum Gasteiger partial charge on any atom is 0.0541 e. The van der Waals surface area contributed by atoms with Gasteiger partial charge in [-0.3, -0.25) is 0 Å². The van der Waals surface area contributed by atoms with Crippen molar-refractivity contribution >= 4 is 64.9 Å². The van der Waals surface area contributed by atoms with Crippen molar-refractivity contribution in [3.8, 4) is 106 Å². The standard InChI is InChI=1S/C89H57N/c1-2-12-57(13-3-1)58-22-28-63(29-23-58)68-42-46-78-73(50-68)51-74-52-75(45-47-79(74)78)90-88-48-43-69(64-30-24-59(25-31-64)61-34-38-66(39-35-61)84-55-71-14-4-6-16-76(71)80-18-8-10-20-82(80)84)53-86(88)87-54-70(44-49-89(87)90)65-32-26-60(27-33-65)62-36-40-67(41-37-62)85-56-72-15-5-7-17-77(72)81-19-9-11-21-83(81)85/h1-50,52-56H,51H2. The smallest absolute Gasteiger partial charge is 0.0541 e. The summed E-state index contributed by atoms with van der Waals surface area (Å²) in [6.07, 6.45) is 0.892. The van der Waals surface area contributed by atoms with Crippen molar-refractivity contribution in [1.82, 2.24) is 4.57 Å². The van der Waals surface area contributed by atoms with Gasteiger partial charge in [-0.05, 0) is 209 Å². The summed E-state index contributed by atoms with van der Waals surface area (Å²) in [5.41, 5.74) is 28.4. The van der Waals surface area contributed by atoms with E-state index < -0.39 is 0 Å². The Balaban J connectivity index is 0.679. The van der Waals surface area contributed by atoms with Crippen molar-refractivity contribution in [3.63, 3.8) is 0 Å². The first-order chi connectivity index (χ1) is 44.6. The minimum Gasteiger partial charge on any atom is -0.309 e. The van der Waals surface area contributed by atoms with Gasteiger partial charge in [0.05, 0.1) is 11.0 Å². The van der Waals surface area contributed by atoms with Gasteiger partial charge in [-0.15, -0.1) is 0 Å². The molecule has 1 heteroatoms. The second-order valence-corrected chi connectivity index (χ2v) is 24.3. The molecule has 0 spiro atoms. The maximum absolute atomic E-state index is 2.49. The van der Waals surface area contributed by atoms with Crippen LogP contribution in [0.25, 0.3) is 171 Å². The van der Waals surface area contributed by atoms with E-state index in [9.17, 15) is 0 Å². The molecule has 0 saturated heterocycles. The molecule has 418 valence electrons. The molecule has 1 aliphatic carbocycles. The molecular formula is C89H57N. The molecule has 1 nitrogen and oxygen atoms in total. The van der Waals surface area contributed by atoms with Crippen LogP contribution >= 0.6 is 0 Å². The van der Waals surface area contributed by atoms with E-state index in [-0.39, 0.29) is 0 Å². The largest absolute Gasteiger partial charge is 0.309 e. The van der Waals surface area contributed by atoms with Gasteiger partial charge >= 0.3 is 0 Å². The number of hydrogen-bond donors (Lipinski definition) is 0. The van der Waals surface area contributed by atoms with Crippen LogP contribution in [0.3, 0.4) is 0 Å². The van der Waals surface area contributed by atoms with Crippen molar-refractivity contribution < 1.29 is 0 Å². The summed E-state index contributed by atoms with van der Waals surface area (Å²) in [5.74, 6) is 0. The van der Waals surface area contributed by atoms with Gasteiger partial charge in [-0.25, -0.2) is 0 Å². The van der Waals surface area contributed by atoms with Crippen LogP contribution < -0.4 is 0 Å². The van der Waals surface area contributed by atoms with Crippen LogP contribution in [0.4, 0.5) is 0 Å². The van der Waals surface area contributed by atoms with Gasteiger partial charge in [0.25, 0.3) is 0 Å². The predicted octanol–water partition coefficient (Wildman–Crippen LogP) is 24.3. The Kier molecular flexibility index (Phi) is 12.1. The first-order valence-corrected chi connectivity index (χ1v) is 31.3. The normalized spacial score (nSPS) is 12.0. The highest BCUT2D eigenvalue weighted by Gasteiger charge is 2.23. The summed E-state index contributed by atoms with van der Waals surface area (Å²) in [5, 5.41) is 12.7. The Labute approximate surface area is 523 Å². The maximum atomic E-state index is 2.49. The fraction of sp³-hybridized carbons (Fsp3) is 0.0112. The average Bonchev–Trinajstić information content (AvgIpc) is 1.44. The number of fused-ring (bicyclic) bond motifs is 12. The van der Waals surface area contributed by atoms with E-state index in [1.54, 1.807) is 0 Å². The van der Waals surface area contributed by atoms with E-state index in [2.05, 4.69) is 338 Å². The monoisotopic (exact) mass is 1140 g/mol. The van der Waals surface area contributed by atoms with Crippen LogP contribution in [0.15, 0.2) is 334 Å². The van der Waals surface area contributed by atoms with Gasteiger partial charge in [0.1, 0.15) is 0 Å². The molecule has 17 aromatic rings. The van der Waals surface area contributed by atoms with Gasteiger partial charge in [-0.1, -0.05) is 285 Å². The van der Waals surface area contributed by atoms with E-state index in [1.807, 2.05) is 0 Å². The number of hydrogen-bond acceptors (Lipinski definition) is 0. The Hall–Kier alpha value is -11.6. The molecule has 1 aliphatic rings. The summed E-state index contributed by atoms with van der Waals surface area (Å²) >= 11 is 0. The zero-order valence-electron chi connectivity index (χ0n) is 49.4. The molecule has 0 fully saturated rings. The average molecular weight is 1140 g/mol. The van der Waals surface area contributed by atoms with Gasteiger partial charge in [0, 0.05) is 16.5 Å². The van der Waals surface area contributed by atoms with Crippen LogP contribution in [0.1, 0.15) is 11.1 Å². The highest BCUT2D eigenvalue weighted by Crippen LogP contribution is 2.44. The predicted molar refractivity (Wildman–Crippen MR) is 383 cm³/mol. The lowest BCUT2D eigenvalue weighted by atomic mass is 9.92. The fourth-order valence-corrected chi connectivity index (χ4v) is 14.6. The molecule has 18 rings (SSSR count). The third-order valence-corrected chi connectivity index (χ3v) is 19.2. The summed E-state index contributed by atoms with van der Waals surface area (Å²) in [7, 11) is 0. The first-order valence-electron chi connectivity index (χ1n) is 31.3. The molecule has 0 unspecified atom stereocenters. The molecule has 0 aliphatic heterocycles. The molecule has 0 N–H and O–H groups in total. The topological polar surface area (TPSA) is 4.93 Å². The zero-order valence-corrected chi connectivity index (χ0v) is 49.4. The SMILES string of the molecule is c1ccc(-c2ccc(-c3ccc4c(c3)Cc3cc(-n5c6ccc(-c7ccc(-c8ccc(-c9cc%10ccccc%10c%10ccccc9%10)cc8)cc7)cc6c6cc(-c7ccc(-c8ccc(-c9cc%10ccccc%10c%10ccccc9%10)cc8)cc7)ccc65)ccc3-4)cc2)cc1. The molecule has 16 aromatic carbocycles. The molecule has 0 saturated carbocycles. The van der Waals surface area contributed by atoms with Crippen molar-refractivity contribution in [2.24, 2.45) is 0 Å². The van der Waals surface area contributed by atoms with Gasteiger partial charge in [0.2, 0.25) is 0 Å². The van der Waals surface area contributed by atoms with Gasteiger partial charge < -0.3 is 4.57 Å². The highest BCUT2D eigenvalue weighted by molar-refractivity contribution is 6.16. The minimum absolute atomic E-state index is 0.892. The lowest BCUT2D eigenvalue weighted by Crippen LogP contribution is -1.95. The third kappa shape index (κ3) is 8.77. The van der Waals surface area contributed by atoms with Crippen molar-refractivity contribution in [3.05, 3.63) is 345 Å². The Morgan fingerprint density at radius 2 is 0.489 bits per heavy atom. The minimum atomic E-state index is 0.892. The Morgan fingerprint density at radius 1 is 0.178 bits per heavy atom. The Bertz CT molecular complexity index is 5410. The summed E-state index contributed by atoms with van der Waals surface area (Å²) in [6.45, 7) is 0. The summed E-state index contributed by atoms with van der Waals surface area (Å²) < 4.78 is 2.49. The fourth-order valence-electron chi connectivity index (χ4n) is 14.6. The van der Waals surface area contributed by atoms with Crippen LogP contribution in [0.2, 0.25) is 0 Å². The second-order valence-electron chi connectivity index (χ2n) is 24.3. The van der Waals surface area contributed by atoms with Crippen molar-refractivity contribution in [2.75, 3.05) is 0 Å². The first kappa shape index (κ1) is 51.6. The molecule has 0 bridgehead atoms. The van der Waals surface area contributed by atoms with E-state index in [4.69, 9.17) is 0 Å². The van der Waals surface area contributed by atoms with Gasteiger partial charge in [0.15, 0.2) is 0 Å². The van der Waals surface area contributed by atoms with E-state index in [0.717, 1.165) is 6.42 Å². The van der Waals surface area contributed by atoms with Crippen LogP contribution in [-0.4, -0.2) is 4.57 Å². The summed E-state index contributed by atoms with van der Waals surface area (Å²) in [6, 6.07) is 124. The van der Waals surface area contributed by atoms with Crippen molar-refractivity contribution in [1.29, 1.82) is 0 Å². The number of aromatic nitrogens is 1. The zero-order chi connectivity index (χ0) is 59.2. The number of benzene rings is 16. The Morgan fingerprint density at radius 3 is 0.933 bits per heavy atom. The molecular weight excluding hydrogens is 1080 g/mol. The molecule has 0 radical (unpaired) electrons. The van der Waals surface area contributed by atoms with E-state index in [1.165, 1.54) is 182 Å². The highest BCUT2D eigenvalue weighted by atomic mass is 15.0. The summed E-state index contributed by atoms with van der Waals surface area (Å²) in [4.78, 5) is 0. The van der Waals surface area contributed by atoms with Crippen LogP contribution in [0, 0.1) is 0 Å². The lowest BCUT2D eigenvalue weighted by Gasteiger charge is -2.12. The number of rotatable bonds is 9. The van der Waals surface area contributed by atoms with Gasteiger partial charge in [-0.2, -0.15) is 0 Å². The number of nitrogens with zero attached hydrogens (tertiary/aromatic N) is 1. The third-order valence-electron chi connectivity index (χ3n) is 19.2. The van der Waals surface area contributed by atoms with E-state index in [0.29, 0.717) is 0 Å². The molecule has 0 amide bonds. The molecule has 1 heterocycles. The second kappa shape index (κ2) is 21.1. The molecule has 0 atom stereocenters.